The third-order valence-electron chi connectivity index (χ3n) is 1.78. The summed E-state index contributed by atoms with van der Waals surface area (Å²) in [5.74, 6) is 0.358. The van der Waals surface area contributed by atoms with Crippen molar-refractivity contribution >= 4 is 6.29 Å². The molecular weight excluding hydrogens is 154 g/mol. The number of hydrogen-bond donors (Lipinski definition) is 0. The molecular formula is C9H9NO2. The molecule has 1 aliphatic carbocycles. The first-order valence-corrected chi connectivity index (χ1v) is 3.63. The number of hydrogen-bond acceptors (Lipinski definition) is 3. The van der Waals surface area contributed by atoms with Crippen LogP contribution in [0.25, 0.3) is 0 Å². The molecule has 1 unspecified atom stereocenters. The Morgan fingerprint density at radius 3 is 3.08 bits per heavy atom. The first-order chi connectivity index (χ1) is 5.81. The van der Waals surface area contributed by atoms with Gasteiger partial charge in [-0.15, -0.1) is 0 Å². The van der Waals surface area contributed by atoms with Gasteiger partial charge in [-0.05, 0) is 12.5 Å². The van der Waals surface area contributed by atoms with Crippen molar-refractivity contribution in [3.05, 3.63) is 23.5 Å². The van der Waals surface area contributed by atoms with Crippen LogP contribution < -0.4 is 0 Å². The molecule has 1 rings (SSSR count). The van der Waals surface area contributed by atoms with Gasteiger partial charge >= 0.3 is 0 Å². The van der Waals surface area contributed by atoms with Crippen LogP contribution in [0.15, 0.2) is 23.5 Å². The average molecular weight is 163 g/mol. The van der Waals surface area contributed by atoms with Gasteiger partial charge in [0.2, 0.25) is 0 Å². The highest BCUT2D eigenvalue weighted by Crippen LogP contribution is 2.22. The Kier molecular flexibility index (Phi) is 2.65. The number of methoxy groups -OCH3 is 1. The number of allylic oxidation sites excluding steroid dienone is 4. The standard InChI is InChI=1S/C9H9NO2/c1-12-9-4-7(5-10)2-3-8(9)6-11/h2,4,6,8H,3H2,1H3. The maximum Gasteiger partial charge on any atom is 0.130 e. The van der Waals surface area contributed by atoms with Gasteiger partial charge in [-0.25, -0.2) is 0 Å². The molecule has 12 heavy (non-hydrogen) atoms. The van der Waals surface area contributed by atoms with E-state index in [4.69, 9.17) is 10.00 Å². The molecule has 0 aromatic carbocycles. The molecule has 1 atom stereocenters. The number of carbonyl (C=O) groups is 1. The summed E-state index contributed by atoms with van der Waals surface area (Å²) in [4.78, 5) is 10.5. The second kappa shape index (κ2) is 3.72. The van der Waals surface area contributed by atoms with Gasteiger partial charge in [-0.3, -0.25) is 0 Å². The molecule has 0 N–H and O–H groups in total. The maximum atomic E-state index is 10.5. The van der Waals surface area contributed by atoms with Crippen LogP contribution in [-0.4, -0.2) is 13.4 Å². The second-order valence-corrected chi connectivity index (χ2v) is 2.50. The van der Waals surface area contributed by atoms with Crippen molar-refractivity contribution in [3.63, 3.8) is 0 Å². The Morgan fingerprint density at radius 1 is 1.83 bits per heavy atom. The topological polar surface area (TPSA) is 50.1 Å². The van der Waals surface area contributed by atoms with E-state index in [2.05, 4.69) is 0 Å². The molecule has 3 nitrogen and oxygen atoms in total. The highest BCUT2D eigenvalue weighted by molar-refractivity contribution is 5.60. The van der Waals surface area contributed by atoms with E-state index in [0.29, 0.717) is 17.8 Å². The Hall–Kier alpha value is -1.56. The number of rotatable bonds is 2. The van der Waals surface area contributed by atoms with Gasteiger partial charge in [0.1, 0.15) is 12.0 Å². The summed E-state index contributed by atoms with van der Waals surface area (Å²) in [6.45, 7) is 0. The molecule has 0 spiro atoms. The van der Waals surface area contributed by atoms with Gasteiger partial charge in [-0.1, -0.05) is 6.08 Å². The third-order valence-corrected chi connectivity index (χ3v) is 1.78. The summed E-state index contributed by atoms with van der Waals surface area (Å²) in [5.41, 5.74) is 0.560. The van der Waals surface area contributed by atoms with Crippen LogP contribution >= 0.6 is 0 Å². The summed E-state index contributed by atoms with van der Waals surface area (Å²) in [6, 6.07) is 2.00. The maximum absolute atomic E-state index is 10.5. The molecule has 0 fully saturated rings. The van der Waals surface area contributed by atoms with Crippen LogP contribution in [0.2, 0.25) is 0 Å². The summed E-state index contributed by atoms with van der Waals surface area (Å²) in [6.07, 6.45) is 4.73. The lowest BCUT2D eigenvalue weighted by Gasteiger charge is -2.15. The summed E-state index contributed by atoms with van der Waals surface area (Å²) >= 11 is 0. The number of aldehydes is 1. The predicted octanol–water partition coefficient (Wildman–Crippen LogP) is 1.19. The van der Waals surface area contributed by atoms with Crippen LogP contribution in [0.1, 0.15) is 6.42 Å². The first kappa shape index (κ1) is 8.54. The molecule has 0 radical (unpaired) electrons. The van der Waals surface area contributed by atoms with Crippen molar-refractivity contribution < 1.29 is 9.53 Å². The van der Waals surface area contributed by atoms with E-state index in [1.165, 1.54) is 7.11 Å². The van der Waals surface area contributed by atoms with Gasteiger partial charge in [0, 0.05) is 0 Å². The monoisotopic (exact) mass is 163 g/mol. The average Bonchev–Trinajstić information content (AvgIpc) is 2.16. The molecule has 62 valence electrons. The Morgan fingerprint density at radius 2 is 2.58 bits per heavy atom. The van der Waals surface area contributed by atoms with Crippen molar-refractivity contribution in [1.82, 2.24) is 0 Å². The lowest BCUT2D eigenvalue weighted by molar-refractivity contribution is -0.110. The lowest BCUT2D eigenvalue weighted by atomic mass is 9.96. The minimum Gasteiger partial charge on any atom is -0.500 e. The molecule has 1 aliphatic rings. The molecule has 0 aromatic heterocycles. The van der Waals surface area contributed by atoms with Crippen molar-refractivity contribution in [3.8, 4) is 6.07 Å². The summed E-state index contributed by atoms with van der Waals surface area (Å²) in [5, 5.41) is 8.56. The summed E-state index contributed by atoms with van der Waals surface area (Å²) < 4.78 is 4.96. The van der Waals surface area contributed by atoms with Gasteiger partial charge in [0.25, 0.3) is 0 Å². The molecule has 3 heteroatoms. The number of nitrogens with zero attached hydrogens (tertiary/aromatic N) is 1. The molecule has 0 saturated carbocycles. The Bertz CT molecular complexity index is 283. The third kappa shape index (κ3) is 1.54. The van der Waals surface area contributed by atoms with E-state index in [1.807, 2.05) is 6.07 Å². The van der Waals surface area contributed by atoms with Gasteiger partial charge in [0.05, 0.1) is 24.7 Å². The minimum absolute atomic E-state index is 0.216. The van der Waals surface area contributed by atoms with Crippen molar-refractivity contribution in [2.24, 2.45) is 5.92 Å². The second-order valence-electron chi connectivity index (χ2n) is 2.50. The highest BCUT2D eigenvalue weighted by Gasteiger charge is 2.17. The fourth-order valence-corrected chi connectivity index (χ4v) is 1.10. The van der Waals surface area contributed by atoms with Crippen molar-refractivity contribution in [2.45, 2.75) is 6.42 Å². The van der Waals surface area contributed by atoms with E-state index < -0.39 is 0 Å². The zero-order valence-electron chi connectivity index (χ0n) is 6.78. The fraction of sp³-hybridized carbons (Fsp3) is 0.333. The normalized spacial score (nSPS) is 21.8. The molecule has 0 amide bonds. The molecule has 0 saturated heterocycles. The molecule has 0 heterocycles. The van der Waals surface area contributed by atoms with Crippen LogP contribution in [-0.2, 0) is 9.53 Å². The molecule has 0 aromatic rings. The van der Waals surface area contributed by atoms with Gasteiger partial charge in [-0.2, -0.15) is 5.26 Å². The zero-order chi connectivity index (χ0) is 8.97. The van der Waals surface area contributed by atoms with Crippen molar-refractivity contribution in [1.29, 1.82) is 5.26 Å². The van der Waals surface area contributed by atoms with E-state index >= 15 is 0 Å². The first-order valence-electron chi connectivity index (χ1n) is 3.63. The number of carbonyl (C=O) groups excluding carboxylic acids is 1. The minimum atomic E-state index is -0.216. The molecule has 0 bridgehead atoms. The van der Waals surface area contributed by atoms with E-state index in [0.717, 1.165) is 6.29 Å². The van der Waals surface area contributed by atoms with Gasteiger partial charge in [0.15, 0.2) is 0 Å². The van der Waals surface area contributed by atoms with Crippen LogP contribution in [0.3, 0.4) is 0 Å². The lowest BCUT2D eigenvalue weighted by Crippen LogP contribution is -2.10. The largest absolute Gasteiger partial charge is 0.500 e. The predicted molar refractivity (Wildman–Crippen MR) is 43.0 cm³/mol. The Balaban J connectivity index is 2.87. The quantitative estimate of drug-likeness (QED) is 0.574. The highest BCUT2D eigenvalue weighted by atomic mass is 16.5. The zero-order valence-corrected chi connectivity index (χ0v) is 6.78. The number of ether oxygens (including phenoxy) is 1. The number of nitriles is 1. The Labute approximate surface area is 70.9 Å². The van der Waals surface area contributed by atoms with E-state index in [9.17, 15) is 4.79 Å². The molecule has 0 aliphatic heterocycles. The van der Waals surface area contributed by atoms with E-state index in [-0.39, 0.29) is 5.92 Å². The van der Waals surface area contributed by atoms with Crippen LogP contribution in [0.5, 0.6) is 0 Å². The van der Waals surface area contributed by atoms with Crippen molar-refractivity contribution in [2.75, 3.05) is 7.11 Å². The summed E-state index contributed by atoms with van der Waals surface area (Å²) in [7, 11) is 1.50. The smallest absolute Gasteiger partial charge is 0.130 e. The van der Waals surface area contributed by atoms with Crippen LogP contribution in [0.4, 0.5) is 0 Å². The van der Waals surface area contributed by atoms with Gasteiger partial charge < -0.3 is 9.53 Å². The SMILES string of the molecule is COC1=CC(C#N)=CCC1C=O. The fourth-order valence-electron chi connectivity index (χ4n) is 1.10. The van der Waals surface area contributed by atoms with Crippen LogP contribution in [0, 0.1) is 17.2 Å². The van der Waals surface area contributed by atoms with E-state index in [1.54, 1.807) is 12.2 Å².